The highest BCUT2D eigenvalue weighted by molar-refractivity contribution is 9.10. The molecule has 6 heteroatoms. The summed E-state index contributed by atoms with van der Waals surface area (Å²) in [5, 5.41) is 2.78. The van der Waals surface area contributed by atoms with Gasteiger partial charge in [-0.25, -0.2) is 0 Å². The van der Waals surface area contributed by atoms with Gasteiger partial charge in [0.2, 0.25) is 11.8 Å². The SMILES string of the molecule is CN(CC(=O)Nc1ccccc1Br)C(=O)CSc1ccccc1. The van der Waals surface area contributed by atoms with Crippen LogP contribution in [0.3, 0.4) is 0 Å². The van der Waals surface area contributed by atoms with Crippen LogP contribution in [-0.2, 0) is 9.59 Å². The Labute approximate surface area is 148 Å². The van der Waals surface area contributed by atoms with E-state index in [9.17, 15) is 9.59 Å². The Kier molecular flexibility index (Phi) is 6.67. The molecule has 23 heavy (non-hydrogen) atoms. The Morgan fingerprint density at radius 1 is 1.09 bits per heavy atom. The monoisotopic (exact) mass is 392 g/mol. The molecule has 0 aliphatic heterocycles. The van der Waals surface area contributed by atoms with Gasteiger partial charge in [0.05, 0.1) is 18.0 Å². The van der Waals surface area contributed by atoms with Crippen LogP contribution in [0.15, 0.2) is 64.0 Å². The molecule has 0 aromatic heterocycles. The highest BCUT2D eigenvalue weighted by Crippen LogP contribution is 2.21. The van der Waals surface area contributed by atoms with Crippen molar-refractivity contribution in [2.45, 2.75) is 4.90 Å². The first-order valence-corrected chi connectivity index (χ1v) is 8.80. The Hall–Kier alpha value is -1.79. The third kappa shape index (κ3) is 5.73. The minimum absolute atomic E-state index is 0.0233. The smallest absolute Gasteiger partial charge is 0.244 e. The number of likely N-dealkylation sites (N-methyl/N-ethyl adjacent to an activating group) is 1. The first-order chi connectivity index (χ1) is 11.1. The van der Waals surface area contributed by atoms with Crippen molar-refractivity contribution in [1.82, 2.24) is 4.90 Å². The molecule has 2 rings (SSSR count). The van der Waals surface area contributed by atoms with Gasteiger partial charge in [-0.2, -0.15) is 0 Å². The molecule has 0 atom stereocenters. The lowest BCUT2D eigenvalue weighted by Crippen LogP contribution is -2.36. The summed E-state index contributed by atoms with van der Waals surface area (Å²) in [6.07, 6.45) is 0. The summed E-state index contributed by atoms with van der Waals surface area (Å²) >= 11 is 4.83. The summed E-state index contributed by atoms with van der Waals surface area (Å²) in [7, 11) is 1.63. The van der Waals surface area contributed by atoms with Crippen molar-refractivity contribution in [3.05, 3.63) is 59.1 Å². The van der Waals surface area contributed by atoms with Gasteiger partial charge in [0.25, 0.3) is 0 Å². The van der Waals surface area contributed by atoms with Crippen LogP contribution >= 0.6 is 27.7 Å². The molecule has 120 valence electrons. The maximum Gasteiger partial charge on any atom is 0.244 e. The van der Waals surface area contributed by atoms with Crippen molar-refractivity contribution in [1.29, 1.82) is 0 Å². The highest BCUT2D eigenvalue weighted by Gasteiger charge is 2.14. The van der Waals surface area contributed by atoms with E-state index in [1.54, 1.807) is 13.1 Å². The normalized spacial score (nSPS) is 10.2. The molecular weight excluding hydrogens is 376 g/mol. The van der Waals surface area contributed by atoms with Gasteiger partial charge in [0.1, 0.15) is 0 Å². The van der Waals surface area contributed by atoms with E-state index < -0.39 is 0 Å². The Morgan fingerprint density at radius 2 is 1.74 bits per heavy atom. The summed E-state index contributed by atoms with van der Waals surface area (Å²) in [6, 6.07) is 17.1. The topological polar surface area (TPSA) is 49.4 Å². The molecule has 0 heterocycles. The van der Waals surface area contributed by atoms with Crippen molar-refractivity contribution in [2.75, 3.05) is 24.7 Å². The van der Waals surface area contributed by atoms with Crippen LogP contribution < -0.4 is 5.32 Å². The van der Waals surface area contributed by atoms with E-state index in [1.165, 1.54) is 16.7 Å². The average molecular weight is 393 g/mol. The van der Waals surface area contributed by atoms with E-state index >= 15 is 0 Å². The van der Waals surface area contributed by atoms with Crippen LogP contribution in [0.1, 0.15) is 0 Å². The van der Waals surface area contributed by atoms with Crippen molar-refractivity contribution in [3.63, 3.8) is 0 Å². The van der Waals surface area contributed by atoms with E-state index in [1.807, 2.05) is 48.5 Å². The molecule has 0 saturated heterocycles. The number of hydrogen-bond donors (Lipinski definition) is 1. The zero-order chi connectivity index (χ0) is 16.7. The first-order valence-electron chi connectivity index (χ1n) is 7.02. The lowest BCUT2D eigenvalue weighted by atomic mass is 10.3. The third-order valence-electron chi connectivity index (χ3n) is 3.06. The lowest BCUT2D eigenvalue weighted by Gasteiger charge is -2.17. The van der Waals surface area contributed by atoms with E-state index in [0.29, 0.717) is 11.4 Å². The molecule has 0 saturated carbocycles. The predicted molar refractivity (Wildman–Crippen MR) is 97.6 cm³/mol. The fraction of sp³-hybridized carbons (Fsp3) is 0.176. The molecule has 0 unspecified atom stereocenters. The number of para-hydroxylation sites is 1. The van der Waals surface area contributed by atoms with E-state index in [4.69, 9.17) is 0 Å². The van der Waals surface area contributed by atoms with E-state index in [-0.39, 0.29) is 18.4 Å². The molecule has 0 bridgehead atoms. The van der Waals surface area contributed by atoms with Gasteiger partial charge in [0.15, 0.2) is 0 Å². The molecule has 4 nitrogen and oxygen atoms in total. The maximum atomic E-state index is 12.1. The summed E-state index contributed by atoms with van der Waals surface area (Å²) in [5.74, 6) is 0.00150. The molecular formula is C17H17BrN2O2S. The lowest BCUT2D eigenvalue weighted by molar-refractivity contribution is -0.131. The zero-order valence-corrected chi connectivity index (χ0v) is 15.1. The van der Waals surface area contributed by atoms with Crippen molar-refractivity contribution in [2.24, 2.45) is 0 Å². The number of carbonyl (C=O) groups is 2. The van der Waals surface area contributed by atoms with E-state index in [2.05, 4.69) is 21.2 Å². The number of nitrogens with zero attached hydrogens (tertiary/aromatic N) is 1. The molecule has 2 amide bonds. The number of anilines is 1. The van der Waals surface area contributed by atoms with Gasteiger partial charge in [-0.3, -0.25) is 9.59 Å². The standard InChI is InChI=1S/C17H17BrN2O2S/c1-20(17(22)12-23-13-7-3-2-4-8-13)11-16(21)19-15-10-6-5-9-14(15)18/h2-10H,11-12H2,1H3,(H,19,21). The first kappa shape index (κ1) is 17.6. The summed E-state index contributed by atoms with van der Waals surface area (Å²) in [5.41, 5.74) is 0.692. The van der Waals surface area contributed by atoms with Gasteiger partial charge in [-0.15, -0.1) is 11.8 Å². The van der Waals surface area contributed by atoms with Gasteiger partial charge >= 0.3 is 0 Å². The predicted octanol–water partition coefficient (Wildman–Crippen LogP) is 3.64. The molecule has 0 radical (unpaired) electrons. The van der Waals surface area contributed by atoms with Crippen molar-refractivity contribution in [3.8, 4) is 0 Å². The van der Waals surface area contributed by atoms with Gasteiger partial charge in [-0.05, 0) is 40.2 Å². The molecule has 0 aliphatic rings. The summed E-state index contributed by atoms with van der Waals surface area (Å²) in [4.78, 5) is 26.6. The second kappa shape index (κ2) is 8.74. The molecule has 2 aromatic rings. The summed E-state index contributed by atoms with van der Waals surface area (Å²) < 4.78 is 0.807. The molecule has 2 aromatic carbocycles. The number of amides is 2. The highest BCUT2D eigenvalue weighted by atomic mass is 79.9. The largest absolute Gasteiger partial charge is 0.336 e. The van der Waals surface area contributed by atoms with Crippen LogP contribution in [0.25, 0.3) is 0 Å². The zero-order valence-electron chi connectivity index (χ0n) is 12.7. The summed E-state index contributed by atoms with van der Waals surface area (Å²) in [6.45, 7) is 0.0233. The number of thioether (sulfide) groups is 1. The second-order valence-corrected chi connectivity index (χ2v) is 6.78. The van der Waals surface area contributed by atoms with Crippen LogP contribution in [0.2, 0.25) is 0 Å². The maximum absolute atomic E-state index is 12.1. The van der Waals surface area contributed by atoms with Crippen molar-refractivity contribution < 1.29 is 9.59 Å². The number of benzene rings is 2. The van der Waals surface area contributed by atoms with Gasteiger partial charge in [-0.1, -0.05) is 30.3 Å². The number of carbonyl (C=O) groups excluding carboxylic acids is 2. The van der Waals surface area contributed by atoms with Crippen LogP contribution in [0.4, 0.5) is 5.69 Å². The number of halogens is 1. The fourth-order valence-corrected chi connectivity index (χ4v) is 3.07. The average Bonchev–Trinajstić information content (AvgIpc) is 2.55. The number of nitrogens with one attached hydrogen (secondary N) is 1. The minimum Gasteiger partial charge on any atom is -0.336 e. The van der Waals surface area contributed by atoms with Crippen LogP contribution in [0.5, 0.6) is 0 Å². The van der Waals surface area contributed by atoms with E-state index in [0.717, 1.165) is 9.37 Å². The minimum atomic E-state index is -0.225. The Bertz CT molecular complexity index is 679. The number of rotatable bonds is 6. The van der Waals surface area contributed by atoms with Gasteiger partial charge in [0, 0.05) is 16.4 Å². The molecule has 0 spiro atoms. The van der Waals surface area contributed by atoms with Crippen LogP contribution in [0, 0.1) is 0 Å². The number of hydrogen-bond acceptors (Lipinski definition) is 3. The fourth-order valence-electron chi connectivity index (χ4n) is 1.83. The van der Waals surface area contributed by atoms with Crippen LogP contribution in [-0.4, -0.2) is 36.1 Å². The third-order valence-corrected chi connectivity index (χ3v) is 4.75. The Balaban J connectivity index is 1.81. The molecule has 0 aliphatic carbocycles. The Morgan fingerprint density at radius 3 is 2.43 bits per heavy atom. The second-order valence-electron chi connectivity index (χ2n) is 4.88. The molecule has 0 fully saturated rings. The van der Waals surface area contributed by atoms with Gasteiger partial charge < -0.3 is 10.2 Å². The molecule has 1 N–H and O–H groups in total. The van der Waals surface area contributed by atoms with Crippen molar-refractivity contribution >= 4 is 45.2 Å². The quantitative estimate of drug-likeness (QED) is 0.763.